The second kappa shape index (κ2) is 10.8. The first-order valence-electron chi connectivity index (χ1n) is 13.5. The maximum Gasteiger partial charge on any atom is 0.310 e. The highest BCUT2D eigenvalue weighted by atomic mass is 35.5. The predicted molar refractivity (Wildman–Crippen MR) is 165 cm³/mol. The van der Waals surface area contributed by atoms with Crippen molar-refractivity contribution in [2.45, 2.75) is 26.7 Å². The van der Waals surface area contributed by atoms with Crippen molar-refractivity contribution in [3.63, 3.8) is 0 Å². The van der Waals surface area contributed by atoms with Crippen molar-refractivity contribution in [3.05, 3.63) is 76.6 Å². The molecule has 0 atom stereocenters. The van der Waals surface area contributed by atoms with Gasteiger partial charge in [-0.05, 0) is 73.8 Å². The van der Waals surface area contributed by atoms with Gasteiger partial charge in [-0.2, -0.15) is 0 Å². The van der Waals surface area contributed by atoms with E-state index >= 15 is 0 Å². The SMILES string of the molecule is CCOC(=O)Cc1c(C)cc2nc(-c3cnc4c(c3)c(C3=CCN(C)CC3)cn4C)sc2c1-c1ccc(Cl)cc1. The molecule has 0 saturated carbocycles. The van der Waals surface area contributed by atoms with Crippen LogP contribution in [0.1, 0.15) is 30.0 Å². The van der Waals surface area contributed by atoms with Crippen LogP contribution in [-0.4, -0.2) is 52.1 Å². The number of carbonyl (C=O) groups excluding carboxylic acids is 1. The van der Waals surface area contributed by atoms with Crippen LogP contribution in [0.2, 0.25) is 5.02 Å². The van der Waals surface area contributed by atoms with Crippen molar-refractivity contribution in [1.82, 2.24) is 19.4 Å². The molecule has 6 nitrogen and oxygen atoms in total. The number of esters is 1. The minimum atomic E-state index is -0.237. The molecule has 0 unspecified atom stereocenters. The number of nitrogens with zero attached hydrogens (tertiary/aromatic N) is 4. The van der Waals surface area contributed by atoms with Crippen molar-refractivity contribution in [2.24, 2.45) is 7.05 Å². The van der Waals surface area contributed by atoms with Crippen LogP contribution in [0.4, 0.5) is 0 Å². The molecule has 2 aromatic carbocycles. The summed E-state index contributed by atoms with van der Waals surface area (Å²) in [6.07, 6.45) is 7.66. The number of rotatable bonds is 6. The Labute approximate surface area is 242 Å². The first-order valence-corrected chi connectivity index (χ1v) is 14.7. The number of benzene rings is 2. The molecule has 0 N–H and O–H groups in total. The zero-order valence-electron chi connectivity index (χ0n) is 23.1. The fourth-order valence-corrected chi connectivity index (χ4v) is 6.76. The standard InChI is InChI=1S/C32H31ClN4O2S/c1-5-39-28(38)16-24-19(2)14-27-30(29(24)21-6-8-23(33)9-7-21)40-32(35-27)22-15-25-26(18-37(4)31(25)34-17-22)20-10-12-36(3)13-11-20/h6-10,14-15,17-18H,5,11-13,16H2,1-4H3. The van der Waals surface area contributed by atoms with Crippen LogP contribution in [-0.2, 0) is 23.0 Å². The Morgan fingerprint density at radius 1 is 1.15 bits per heavy atom. The Morgan fingerprint density at radius 2 is 1.95 bits per heavy atom. The van der Waals surface area contributed by atoms with E-state index in [1.54, 1.807) is 11.3 Å². The van der Waals surface area contributed by atoms with Gasteiger partial charge < -0.3 is 14.2 Å². The van der Waals surface area contributed by atoms with Gasteiger partial charge in [-0.3, -0.25) is 4.79 Å². The molecular weight excluding hydrogens is 540 g/mol. The average molecular weight is 571 g/mol. The molecule has 1 aliphatic rings. The summed E-state index contributed by atoms with van der Waals surface area (Å²) >= 11 is 7.86. The lowest BCUT2D eigenvalue weighted by molar-refractivity contribution is -0.142. The molecule has 3 aromatic heterocycles. The van der Waals surface area contributed by atoms with Crippen molar-refractivity contribution >= 4 is 55.7 Å². The molecule has 6 rings (SSSR count). The van der Waals surface area contributed by atoms with Crippen LogP contribution >= 0.6 is 22.9 Å². The lowest BCUT2D eigenvalue weighted by Crippen LogP contribution is -2.23. The number of aromatic nitrogens is 3. The summed E-state index contributed by atoms with van der Waals surface area (Å²) in [6.45, 7) is 6.22. The van der Waals surface area contributed by atoms with Crippen molar-refractivity contribution in [1.29, 1.82) is 0 Å². The zero-order chi connectivity index (χ0) is 28.0. The molecule has 0 aliphatic carbocycles. The molecular formula is C32H31ClN4O2S. The molecule has 4 heterocycles. The number of aryl methyl sites for hydroxylation is 2. The number of ether oxygens (including phenoxy) is 1. The summed E-state index contributed by atoms with van der Waals surface area (Å²) in [5.41, 5.74) is 9.45. The van der Waals surface area contributed by atoms with E-state index in [0.29, 0.717) is 11.6 Å². The quantitative estimate of drug-likeness (QED) is 0.200. The van der Waals surface area contributed by atoms with E-state index < -0.39 is 0 Å². The molecule has 8 heteroatoms. The summed E-state index contributed by atoms with van der Waals surface area (Å²) in [5, 5.41) is 2.72. The zero-order valence-corrected chi connectivity index (χ0v) is 24.7. The number of hydrogen-bond acceptors (Lipinski definition) is 6. The van der Waals surface area contributed by atoms with E-state index in [1.807, 2.05) is 44.3 Å². The highest BCUT2D eigenvalue weighted by molar-refractivity contribution is 7.22. The Kier molecular flexibility index (Phi) is 7.21. The first kappa shape index (κ1) is 26.7. The lowest BCUT2D eigenvalue weighted by Gasteiger charge is -2.21. The van der Waals surface area contributed by atoms with Gasteiger partial charge in [-0.25, -0.2) is 9.97 Å². The highest BCUT2D eigenvalue weighted by Crippen LogP contribution is 2.42. The molecule has 40 heavy (non-hydrogen) atoms. The molecule has 0 fully saturated rings. The molecule has 0 saturated heterocycles. The number of fused-ring (bicyclic) bond motifs is 2. The Hall–Kier alpha value is -3.52. The molecule has 0 radical (unpaired) electrons. The first-order chi connectivity index (χ1) is 19.3. The largest absolute Gasteiger partial charge is 0.466 e. The highest BCUT2D eigenvalue weighted by Gasteiger charge is 2.21. The van der Waals surface area contributed by atoms with Gasteiger partial charge in [0.15, 0.2) is 0 Å². The van der Waals surface area contributed by atoms with Gasteiger partial charge in [0.1, 0.15) is 10.7 Å². The number of halogens is 1. The van der Waals surface area contributed by atoms with E-state index in [2.05, 4.69) is 48.0 Å². The fourth-order valence-electron chi connectivity index (χ4n) is 5.51. The maximum atomic E-state index is 12.6. The van der Waals surface area contributed by atoms with Gasteiger partial charge in [0.25, 0.3) is 0 Å². The summed E-state index contributed by atoms with van der Waals surface area (Å²) in [7, 11) is 4.21. The van der Waals surface area contributed by atoms with Crippen LogP contribution in [0.5, 0.6) is 0 Å². The van der Waals surface area contributed by atoms with Crippen molar-refractivity contribution in [3.8, 4) is 21.7 Å². The molecule has 0 amide bonds. The minimum absolute atomic E-state index is 0.200. The van der Waals surface area contributed by atoms with E-state index in [9.17, 15) is 4.79 Å². The molecule has 0 bridgehead atoms. The van der Waals surface area contributed by atoms with Gasteiger partial charge in [-0.15, -0.1) is 11.3 Å². The van der Waals surface area contributed by atoms with Crippen LogP contribution in [0.25, 0.3) is 48.5 Å². The minimum Gasteiger partial charge on any atom is -0.466 e. The predicted octanol–water partition coefficient (Wildman–Crippen LogP) is 7.30. The van der Waals surface area contributed by atoms with Crippen LogP contribution in [0.15, 0.2) is 54.9 Å². The molecule has 5 aromatic rings. The fraction of sp³-hybridized carbons (Fsp3) is 0.281. The van der Waals surface area contributed by atoms with Gasteiger partial charge in [0.05, 0.1) is 23.2 Å². The Morgan fingerprint density at radius 3 is 2.67 bits per heavy atom. The smallest absolute Gasteiger partial charge is 0.310 e. The third-order valence-corrected chi connectivity index (χ3v) is 8.98. The number of thiazole rings is 1. The van der Waals surface area contributed by atoms with E-state index in [4.69, 9.17) is 26.3 Å². The van der Waals surface area contributed by atoms with Crippen LogP contribution < -0.4 is 0 Å². The third-order valence-electron chi connectivity index (χ3n) is 7.59. The summed E-state index contributed by atoms with van der Waals surface area (Å²) in [4.78, 5) is 24.9. The van der Waals surface area contributed by atoms with E-state index in [1.165, 1.54) is 11.1 Å². The van der Waals surface area contributed by atoms with Gasteiger partial charge >= 0.3 is 5.97 Å². The molecule has 1 aliphatic heterocycles. The number of carbonyl (C=O) groups is 1. The van der Waals surface area contributed by atoms with Gasteiger partial charge in [0.2, 0.25) is 0 Å². The summed E-state index contributed by atoms with van der Waals surface area (Å²) in [6, 6.07) is 12.1. The van der Waals surface area contributed by atoms with Crippen molar-refractivity contribution < 1.29 is 9.53 Å². The van der Waals surface area contributed by atoms with E-state index in [-0.39, 0.29) is 12.4 Å². The second-order valence-corrected chi connectivity index (χ2v) is 11.8. The van der Waals surface area contributed by atoms with Gasteiger partial charge in [-0.1, -0.05) is 29.8 Å². The molecule has 0 spiro atoms. The molecule has 204 valence electrons. The lowest BCUT2D eigenvalue weighted by atomic mass is 9.93. The average Bonchev–Trinajstić information content (AvgIpc) is 3.51. The normalized spacial score (nSPS) is 14.2. The summed E-state index contributed by atoms with van der Waals surface area (Å²) in [5.74, 6) is -0.237. The number of pyridine rings is 1. The third kappa shape index (κ3) is 4.94. The number of likely N-dealkylation sites (N-methyl/N-ethyl adjacent to an activating group) is 1. The van der Waals surface area contributed by atoms with Crippen molar-refractivity contribution in [2.75, 3.05) is 26.7 Å². The van der Waals surface area contributed by atoms with Crippen LogP contribution in [0, 0.1) is 6.92 Å². The van der Waals surface area contributed by atoms with Gasteiger partial charge in [0, 0.05) is 59.6 Å². The monoisotopic (exact) mass is 570 g/mol. The topological polar surface area (TPSA) is 60.2 Å². The Bertz CT molecular complexity index is 1780. The van der Waals surface area contributed by atoms with Crippen LogP contribution in [0.3, 0.4) is 0 Å². The number of hydrogen-bond donors (Lipinski definition) is 0. The summed E-state index contributed by atoms with van der Waals surface area (Å²) < 4.78 is 8.46. The van der Waals surface area contributed by atoms with E-state index in [0.717, 1.165) is 73.6 Å². The Balaban J connectivity index is 1.51. The maximum absolute atomic E-state index is 12.6. The second-order valence-electron chi connectivity index (χ2n) is 10.4.